The molecule has 1 N–H and O–H groups in total. The van der Waals surface area contributed by atoms with Crippen molar-refractivity contribution in [2.45, 2.75) is 40.0 Å². The molecule has 0 aliphatic rings. The summed E-state index contributed by atoms with van der Waals surface area (Å²) in [6.45, 7) is 8.97. The molecule has 0 bridgehead atoms. The van der Waals surface area contributed by atoms with Gasteiger partial charge in [-0.1, -0.05) is 39.8 Å². The van der Waals surface area contributed by atoms with Crippen LogP contribution < -0.4 is 5.32 Å². The molecule has 1 aromatic carbocycles. The summed E-state index contributed by atoms with van der Waals surface area (Å²) >= 11 is 1.71. The van der Waals surface area contributed by atoms with Crippen LogP contribution in [-0.2, 0) is 4.79 Å². The van der Waals surface area contributed by atoms with E-state index >= 15 is 0 Å². The summed E-state index contributed by atoms with van der Waals surface area (Å²) in [5, 5.41) is 4.09. The number of rotatable bonds is 4. The highest BCUT2D eigenvalue weighted by molar-refractivity contribution is 7.18. The standard InChI is InChI=1S/C16H22N2OS/c1-11(10-17-14(19)9-16(2,3)4)15-18-12-7-5-6-8-13(12)20-15/h5-8,11H,9-10H2,1-4H3,(H,17,19). The minimum absolute atomic E-state index is 0.0309. The highest BCUT2D eigenvalue weighted by Gasteiger charge is 2.17. The van der Waals surface area contributed by atoms with Crippen LogP contribution in [0.1, 0.15) is 45.0 Å². The first-order valence-corrected chi connectivity index (χ1v) is 7.79. The van der Waals surface area contributed by atoms with Crippen LogP contribution in [0.25, 0.3) is 10.2 Å². The number of benzene rings is 1. The SMILES string of the molecule is CC(CNC(=O)CC(C)(C)C)c1nc2ccccc2s1. The first-order chi connectivity index (χ1) is 9.35. The Labute approximate surface area is 124 Å². The number of carbonyl (C=O) groups excluding carboxylic acids is 1. The van der Waals surface area contributed by atoms with E-state index < -0.39 is 0 Å². The lowest BCUT2D eigenvalue weighted by Gasteiger charge is -2.18. The number of thiazole rings is 1. The van der Waals surface area contributed by atoms with Gasteiger partial charge in [0.15, 0.2) is 0 Å². The summed E-state index contributed by atoms with van der Waals surface area (Å²) in [6, 6.07) is 8.14. The minimum atomic E-state index is 0.0309. The van der Waals surface area contributed by atoms with Crippen molar-refractivity contribution in [2.24, 2.45) is 5.41 Å². The number of carbonyl (C=O) groups is 1. The fraction of sp³-hybridized carbons (Fsp3) is 0.500. The van der Waals surface area contributed by atoms with Crippen molar-refractivity contribution in [1.82, 2.24) is 10.3 Å². The van der Waals surface area contributed by atoms with E-state index in [-0.39, 0.29) is 17.2 Å². The van der Waals surface area contributed by atoms with Crippen LogP contribution in [0.3, 0.4) is 0 Å². The molecule has 0 saturated carbocycles. The van der Waals surface area contributed by atoms with E-state index in [0.717, 1.165) is 10.5 Å². The second-order valence-electron chi connectivity index (χ2n) is 6.46. The maximum atomic E-state index is 11.8. The quantitative estimate of drug-likeness (QED) is 0.926. The molecule has 0 saturated heterocycles. The third kappa shape index (κ3) is 4.04. The molecule has 20 heavy (non-hydrogen) atoms. The van der Waals surface area contributed by atoms with Gasteiger partial charge in [0.25, 0.3) is 0 Å². The Balaban J connectivity index is 1.95. The molecule has 3 nitrogen and oxygen atoms in total. The monoisotopic (exact) mass is 290 g/mol. The van der Waals surface area contributed by atoms with E-state index in [1.807, 2.05) is 18.2 Å². The van der Waals surface area contributed by atoms with Crippen LogP contribution in [-0.4, -0.2) is 17.4 Å². The number of aromatic nitrogens is 1. The van der Waals surface area contributed by atoms with E-state index in [2.05, 4.69) is 44.1 Å². The number of para-hydroxylation sites is 1. The summed E-state index contributed by atoms with van der Waals surface area (Å²) in [7, 11) is 0. The van der Waals surface area contributed by atoms with Gasteiger partial charge in [-0.15, -0.1) is 11.3 Å². The molecule has 1 amide bonds. The molecule has 0 spiro atoms. The average molecular weight is 290 g/mol. The Bertz CT molecular complexity index is 565. The second kappa shape index (κ2) is 5.92. The van der Waals surface area contributed by atoms with Crippen molar-refractivity contribution in [1.29, 1.82) is 0 Å². The Morgan fingerprint density at radius 3 is 2.70 bits per heavy atom. The lowest BCUT2D eigenvalue weighted by Crippen LogP contribution is -2.30. The van der Waals surface area contributed by atoms with Crippen LogP contribution in [0.15, 0.2) is 24.3 Å². The highest BCUT2D eigenvalue weighted by Crippen LogP contribution is 2.27. The minimum Gasteiger partial charge on any atom is -0.355 e. The molecule has 0 aliphatic heterocycles. The van der Waals surface area contributed by atoms with Gasteiger partial charge in [0, 0.05) is 18.9 Å². The number of amides is 1. The molecule has 1 heterocycles. The molecule has 2 aromatic rings. The zero-order valence-corrected chi connectivity index (χ0v) is 13.4. The Hall–Kier alpha value is -1.42. The summed E-state index contributed by atoms with van der Waals surface area (Å²) < 4.78 is 1.20. The van der Waals surface area contributed by atoms with Crippen LogP contribution >= 0.6 is 11.3 Å². The van der Waals surface area contributed by atoms with Gasteiger partial charge in [-0.3, -0.25) is 4.79 Å². The number of hydrogen-bond donors (Lipinski definition) is 1. The average Bonchev–Trinajstić information content (AvgIpc) is 2.77. The highest BCUT2D eigenvalue weighted by atomic mass is 32.1. The van der Waals surface area contributed by atoms with E-state index in [1.165, 1.54) is 4.70 Å². The molecule has 0 radical (unpaired) electrons. The van der Waals surface area contributed by atoms with Crippen molar-refractivity contribution in [3.8, 4) is 0 Å². The third-order valence-electron chi connectivity index (χ3n) is 3.03. The van der Waals surface area contributed by atoms with Crippen LogP contribution in [0.5, 0.6) is 0 Å². The van der Waals surface area contributed by atoms with Gasteiger partial charge in [-0.2, -0.15) is 0 Å². The maximum Gasteiger partial charge on any atom is 0.220 e. The maximum absolute atomic E-state index is 11.8. The van der Waals surface area contributed by atoms with Crippen molar-refractivity contribution in [3.63, 3.8) is 0 Å². The van der Waals surface area contributed by atoms with Gasteiger partial charge >= 0.3 is 0 Å². The van der Waals surface area contributed by atoms with Gasteiger partial charge in [0.2, 0.25) is 5.91 Å². The topological polar surface area (TPSA) is 42.0 Å². The molecule has 1 aromatic heterocycles. The summed E-state index contributed by atoms with van der Waals surface area (Å²) in [5.74, 6) is 0.363. The molecule has 4 heteroatoms. The second-order valence-corrected chi connectivity index (χ2v) is 7.52. The van der Waals surface area contributed by atoms with E-state index in [0.29, 0.717) is 13.0 Å². The number of fused-ring (bicyclic) bond motifs is 1. The largest absolute Gasteiger partial charge is 0.355 e. The van der Waals surface area contributed by atoms with Crippen molar-refractivity contribution >= 4 is 27.5 Å². The van der Waals surface area contributed by atoms with Gasteiger partial charge < -0.3 is 5.32 Å². The van der Waals surface area contributed by atoms with E-state index in [4.69, 9.17) is 0 Å². The van der Waals surface area contributed by atoms with Gasteiger partial charge in [-0.25, -0.2) is 4.98 Å². The van der Waals surface area contributed by atoms with Crippen molar-refractivity contribution in [3.05, 3.63) is 29.3 Å². The lowest BCUT2D eigenvalue weighted by molar-refractivity contribution is -0.122. The molecule has 108 valence electrons. The molecular weight excluding hydrogens is 268 g/mol. The fourth-order valence-corrected chi connectivity index (χ4v) is 3.02. The third-order valence-corrected chi connectivity index (χ3v) is 4.30. The zero-order chi connectivity index (χ0) is 14.8. The van der Waals surface area contributed by atoms with Gasteiger partial charge in [0.1, 0.15) is 0 Å². The summed E-state index contributed by atoms with van der Waals surface area (Å²) in [6.07, 6.45) is 0.555. The molecule has 0 aliphatic carbocycles. The predicted molar refractivity (Wildman–Crippen MR) is 85.1 cm³/mol. The fourth-order valence-electron chi connectivity index (χ4n) is 2.00. The Morgan fingerprint density at radius 1 is 1.35 bits per heavy atom. The normalized spacial score (nSPS) is 13.4. The molecule has 2 rings (SSSR count). The summed E-state index contributed by atoms with van der Waals surface area (Å²) in [5.41, 5.74) is 1.07. The van der Waals surface area contributed by atoms with Gasteiger partial charge in [0.05, 0.1) is 15.2 Å². The number of nitrogens with one attached hydrogen (secondary N) is 1. The van der Waals surface area contributed by atoms with Crippen LogP contribution in [0.4, 0.5) is 0 Å². The molecule has 1 atom stereocenters. The Kier molecular flexibility index (Phi) is 4.43. The molecular formula is C16H22N2OS. The predicted octanol–water partition coefficient (Wildman–Crippen LogP) is 3.95. The van der Waals surface area contributed by atoms with Gasteiger partial charge in [-0.05, 0) is 17.5 Å². The first-order valence-electron chi connectivity index (χ1n) is 6.97. The smallest absolute Gasteiger partial charge is 0.220 e. The van der Waals surface area contributed by atoms with E-state index in [1.54, 1.807) is 11.3 Å². The number of hydrogen-bond acceptors (Lipinski definition) is 3. The van der Waals surface area contributed by atoms with E-state index in [9.17, 15) is 4.79 Å². The van der Waals surface area contributed by atoms with Crippen LogP contribution in [0.2, 0.25) is 0 Å². The zero-order valence-electron chi connectivity index (χ0n) is 12.6. The van der Waals surface area contributed by atoms with Crippen LogP contribution in [0, 0.1) is 5.41 Å². The number of nitrogens with zero attached hydrogens (tertiary/aromatic N) is 1. The molecule has 0 fully saturated rings. The van der Waals surface area contributed by atoms with Crippen molar-refractivity contribution in [2.75, 3.05) is 6.54 Å². The summed E-state index contributed by atoms with van der Waals surface area (Å²) in [4.78, 5) is 16.5. The molecule has 1 unspecified atom stereocenters. The lowest BCUT2D eigenvalue weighted by atomic mass is 9.92. The Morgan fingerprint density at radius 2 is 2.05 bits per heavy atom. The first kappa shape index (κ1) is 15.0. The van der Waals surface area contributed by atoms with Crippen molar-refractivity contribution < 1.29 is 4.79 Å².